The van der Waals surface area contributed by atoms with E-state index in [1.807, 2.05) is 0 Å². The molecule has 0 N–H and O–H groups in total. The molecule has 13 heavy (non-hydrogen) atoms. The lowest BCUT2D eigenvalue weighted by Gasteiger charge is -2.14. The Balaban J connectivity index is 3.20. The number of hydrogen-bond acceptors (Lipinski definition) is 1. The third-order valence-electron chi connectivity index (χ3n) is 2.15. The van der Waals surface area contributed by atoms with Gasteiger partial charge in [-0.2, -0.15) is 0 Å². The third kappa shape index (κ3) is 9.83. The number of nitrogens with zero attached hydrogens (tertiary/aromatic N) is 1. The van der Waals surface area contributed by atoms with Gasteiger partial charge in [-0.25, -0.2) is 0 Å². The van der Waals surface area contributed by atoms with Gasteiger partial charge in [0.1, 0.15) is 0 Å². The van der Waals surface area contributed by atoms with E-state index in [9.17, 15) is 0 Å². The Hall–Kier alpha value is -0.0831. The molecule has 2 heteroatoms. The van der Waals surface area contributed by atoms with Crippen molar-refractivity contribution in [1.29, 1.82) is 0 Å². The smallest absolute Gasteiger partial charge is 0.0453 e. The predicted octanol–water partition coefficient (Wildman–Crippen LogP) is 2.23. The zero-order valence-electron chi connectivity index (χ0n) is 9.77. The van der Waals surface area contributed by atoms with Crippen LogP contribution >= 0.6 is 0 Å². The van der Waals surface area contributed by atoms with E-state index in [2.05, 4.69) is 38.4 Å². The van der Waals surface area contributed by atoms with Gasteiger partial charge in [0.15, 0.2) is 0 Å². The first-order valence-electron chi connectivity index (χ1n) is 5.48. The maximum absolute atomic E-state index is 2.47. The molecule has 0 aliphatic carbocycles. The summed E-state index contributed by atoms with van der Waals surface area (Å²) in [6.07, 6.45) is 2.68. The predicted molar refractivity (Wildman–Crippen MR) is 65.2 cm³/mol. The van der Waals surface area contributed by atoms with Gasteiger partial charge in [-0.1, -0.05) is 18.5 Å². The van der Waals surface area contributed by atoms with E-state index in [4.69, 9.17) is 0 Å². The second-order valence-electron chi connectivity index (χ2n) is 4.08. The van der Waals surface area contributed by atoms with Crippen LogP contribution in [0.1, 0.15) is 33.6 Å². The highest BCUT2D eigenvalue weighted by molar-refractivity contribution is 6.42. The average molecular weight is 199 g/mol. The van der Waals surface area contributed by atoms with Crippen LogP contribution in [-0.4, -0.2) is 34.6 Å². The molecule has 0 amide bonds. The molecule has 0 aliphatic rings. The van der Waals surface area contributed by atoms with Crippen LogP contribution in [0.4, 0.5) is 0 Å². The Morgan fingerprint density at radius 1 is 1.31 bits per heavy atom. The van der Waals surface area contributed by atoms with Crippen LogP contribution in [0.5, 0.6) is 0 Å². The fourth-order valence-electron chi connectivity index (χ4n) is 1.41. The van der Waals surface area contributed by atoms with E-state index < -0.39 is 0 Å². The van der Waals surface area contributed by atoms with Crippen molar-refractivity contribution in [3.8, 4) is 0 Å². The first kappa shape index (κ1) is 12.9. The molecule has 0 aromatic heterocycles. The Morgan fingerprint density at radius 3 is 2.54 bits per heavy atom. The summed E-state index contributed by atoms with van der Waals surface area (Å²) in [5.41, 5.74) is 3.98. The van der Waals surface area contributed by atoms with Gasteiger partial charge in [0.2, 0.25) is 0 Å². The molecule has 0 atom stereocenters. The van der Waals surface area contributed by atoms with Crippen molar-refractivity contribution < 1.29 is 0 Å². The fourth-order valence-corrected chi connectivity index (χ4v) is 2.70. The Bertz CT molecular complexity index is 139. The van der Waals surface area contributed by atoms with Crippen LogP contribution in [0.15, 0.2) is 11.3 Å². The molecule has 0 rings (SSSR count). The van der Waals surface area contributed by atoms with E-state index in [0.29, 0.717) is 0 Å². The first-order chi connectivity index (χ1) is 6.16. The summed E-state index contributed by atoms with van der Waals surface area (Å²) in [5.74, 6) is 0. The van der Waals surface area contributed by atoms with Gasteiger partial charge in [0, 0.05) is 9.52 Å². The van der Waals surface area contributed by atoms with Crippen molar-refractivity contribution >= 4 is 9.52 Å². The van der Waals surface area contributed by atoms with E-state index in [1.165, 1.54) is 37.5 Å². The van der Waals surface area contributed by atoms with Crippen LogP contribution in [0, 0.1) is 0 Å². The quantitative estimate of drug-likeness (QED) is 0.449. The summed E-state index contributed by atoms with van der Waals surface area (Å²) in [4.78, 5) is 2.44. The van der Waals surface area contributed by atoms with Gasteiger partial charge in [0.25, 0.3) is 0 Å². The van der Waals surface area contributed by atoms with Crippen molar-refractivity contribution in [1.82, 2.24) is 4.90 Å². The van der Waals surface area contributed by atoms with E-state index in [0.717, 1.165) is 0 Å². The summed E-state index contributed by atoms with van der Waals surface area (Å²) < 4.78 is 0. The standard InChI is InChI=1S/C11H25NSi/c1-5-7-12(4)8-6-9-13-10-11(2)3/h10H,5-9,13H2,1-4H3. The molecule has 0 aromatic rings. The molecule has 78 valence electrons. The molecule has 0 saturated carbocycles. The van der Waals surface area contributed by atoms with E-state index >= 15 is 0 Å². The number of allylic oxidation sites excluding steroid dienone is 1. The molecule has 0 bridgehead atoms. The second kappa shape index (κ2) is 8.51. The highest BCUT2D eigenvalue weighted by atomic mass is 28.2. The average Bonchev–Trinajstić information content (AvgIpc) is 2.03. The third-order valence-corrected chi connectivity index (χ3v) is 4.17. The summed E-state index contributed by atoms with van der Waals surface area (Å²) >= 11 is 0. The number of rotatable bonds is 7. The van der Waals surface area contributed by atoms with Crippen LogP contribution < -0.4 is 0 Å². The highest BCUT2D eigenvalue weighted by Crippen LogP contribution is 1.96. The normalized spacial score (nSPS) is 11.5. The molecule has 1 nitrogen and oxygen atoms in total. The number of hydrogen-bond donors (Lipinski definition) is 0. The summed E-state index contributed by atoms with van der Waals surface area (Å²) in [7, 11) is 2.35. The molecule has 0 radical (unpaired) electrons. The van der Waals surface area contributed by atoms with Crippen molar-refractivity contribution in [3.63, 3.8) is 0 Å². The zero-order chi connectivity index (χ0) is 10.1. The first-order valence-corrected chi connectivity index (χ1v) is 7.30. The molecule has 0 saturated heterocycles. The minimum Gasteiger partial charge on any atom is -0.306 e. The second-order valence-corrected chi connectivity index (χ2v) is 5.77. The maximum Gasteiger partial charge on any atom is 0.0453 e. The van der Waals surface area contributed by atoms with Crippen LogP contribution in [0.25, 0.3) is 0 Å². The van der Waals surface area contributed by atoms with Crippen LogP contribution in [-0.2, 0) is 0 Å². The summed E-state index contributed by atoms with van der Waals surface area (Å²) in [6.45, 7) is 9.20. The van der Waals surface area contributed by atoms with Crippen molar-refractivity contribution in [2.75, 3.05) is 20.1 Å². The minimum absolute atomic E-state index is 0.118. The van der Waals surface area contributed by atoms with Crippen molar-refractivity contribution in [2.24, 2.45) is 0 Å². The molecule has 0 fully saturated rings. The van der Waals surface area contributed by atoms with E-state index in [1.54, 1.807) is 0 Å². The SMILES string of the molecule is CCCN(C)CCC[SiH2]C=C(C)C. The van der Waals surface area contributed by atoms with Gasteiger partial charge in [0.05, 0.1) is 0 Å². The molecular weight excluding hydrogens is 174 g/mol. The van der Waals surface area contributed by atoms with E-state index in [-0.39, 0.29) is 9.52 Å². The van der Waals surface area contributed by atoms with Gasteiger partial charge < -0.3 is 4.90 Å². The molecule has 0 heterocycles. The maximum atomic E-state index is 2.47. The molecule has 0 aromatic carbocycles. The topological polar surface area (TPSA) is 3.24 Å². The molecule has 0 aliphatic heterocycles. The van der Waals surface area contributed by atoms with Crippen molar-refractivity contribution in [2.45, 2.75) is 39.7 Å². The van der Waals surface area contributed by atoms with Gasteiger partial charge in [-0.05, 0) is 46.8 Å². The molecular formula is C11H25NSi. The van der Waals surface area contributed by atoms with Gasteiger partial charge >= 0.3 is 0 Å². The minimum atomic E-state index is 0.118. The van der Waals surface area contributed by atoms with Crippen LogP contribution in [0.2, 0.25) is 6.04 Å². The summed E-state index contributed by atoms with van der Waals surface area (Å²) in [5, 5.41) is 0. The monoisotopic (exact) mass is 199 g/mol. The zero-order valence-corrected chi connectivity index (χ0v) is 11.2. The molecule has 0 spiro atoms. The molecule has 0 unspecified atom stereocenters. The lowest BCUT2D eigenvalue weighted by Crippen LogP contribution is -2.20. The van der Waals surface area contributed by atoms with Crippen LogP contribution in [0.3, 0.4) is 0 Å². The van der Waals surface area contributed by atoms with Crippen molar-refractivity contribution in [3.05, 3.63) is 11.3 Å². The fraction of sp³-hybridized carbons (Fsp3) is 0.818. The largest absolute Gasteiger partial charge is 0.306 e. The van der Waals surface area contributed by atoms with Gasteiger partial charge in [-0.3, -0.25) is 0 Å². The van der Waals surface area contributed by atoms with Gasteiger partial charge in [-0.15, -0.1) is 5.70 Å². The summed E-state index contributed by atoms with van der Waals surface area (Å²) in [6, 6.07) is 1.47. The lowest BCUT2D eigenvalue weighted by molar-refractivity contribution is 0.335. The Morgan fingerprint density at radius 2 is 2.00 bits per heavy atom. The Kier molecular flexibility index (Phi) is 8.46. The Labute approximate surface area is 86.0 Å². The lowest BCUT2D eigenvalue weighted by atomic mass is 10.4. The highest BCUT2D eigenvalue weighted by Gasteiger charge is 1.94.